The maximum absolute atomic E-state index is 14.1. The SMILES string of the molecule is COc1ccc(N(C(=O)Cc2c[nH]c3ccccc23)C(C(=O)NC2CCCCC2)c2ccc(F)cc2)cc1. The molecule has 0 saturated heterocycles. The number of amides is 2. The van der Waals surface area contributed by atoms with Crippen molar-refractivity contribution in [1.29, 1.82) is 0 Å². The van der Waals surface area contributed by atoms with E-state index in [0.717, 1.165) is 48.6 Å². The number of carbonyl (C=O) groups excluding carboxylic acids is 2. The summed E-state index contributed by atoms with van der Waals surface area (Å²) in [5.74, 6) is -0.274. The van der Waals surface area contributed by atoms with Gasteiger partial charge in [0.15, 0.2) is 0 Å². The summed E-state index contributed by atoms with van der Waals surface area (Å²) in [6.45, 7) is 0. The van der Waals surface area contributed by atoms with Gasteiger partial charge in [0.25, 0.3) is 0 Å². The number of aromatic nitrogens is 1. The van der Waals surface area contributed by atoms with Crippen molar-refractivity contribution in [2.24, 2.45) is 0 Å². The molecule has 1 saturated carbocycles. The molecule has 38 heavy (non-hydrogen) atoms. The molecule has 6 nitrogen and oxygen atoms in total. The lowest BCUT2D eigenvalue weighted by Crippen LogP contribution is -2.47. The molecule has 0 aliphatic heterocycles. The van der Waals surface area contributed by atoms with Gasteiger partial charge >= 0.3 is 0 Å². The Balaban J connectivity index is 1.55. The number of carbonyl (C=O) groups is 2. The minimum Gasteiger partial charge on any atom is -0.497 e. The Bertz CT molecular complexity index is 1390. The maximum Gasteiger partial charge on any atom is 0.248 e. The average molecular weight is 514 g/mol. The van der Waals surface area contributed by atoms with Crippen molar-refractivity contribution in [3.8, 4) is 5.75 Å². The summed E-state index contributed by atoms with van der Waals surface area (Å²) in [5.41, 5.74) is 2.89. The van der Waals surface area contributed by atoms with Crippen molar-refractivity contribution >= 4 is 28.4 Å². The highest BCUT2D eigenvalue weighted by Crippen LogP contribution is 2.32. The highest BCUT2D eigenvalue weighted by atomic mass is 19.1. The summed E-state index contributed by atoms with van der Waals surface area (Å²) in [5, 5.41) is 4.15. The monoisotopic (exact) mass is 513 g/mol. The first-order valence-electron chi connectivity index (χ1n) is 13.1. The zero-order chi connectivity index (χ0) is 26.5. The number of nitrogens with one attached hydrogen (secondary N) is 2. The first kappa shape index (κ1) is 25.5. The molecular weight excluding hydrogens is 481 g/mol. The molecule has 1 aliphatic carbocycles. The Morgan fingerprint density at radius 3 is 2.42 bits per heavy atom. The number of hydrogen-bond donors (Lipinski definition) is 2. The fourth-order valence-corrected chi connectivity index (χ4v) is 5.30. The first-order chi connectivity index (χ1) is 18.5. The molecule has 5 rings (SSSR count). The number of para-hydroxylation sites is 1. The number of anilines is 1. The average Bonchev–Trinajstić information content (AvgIpc) is 3.35. The molecule has 1 fully saturated rings. The number of hydrogen-bond acceptors (Lipinski definition) is 3. The lowest BCUT2D eigenvalue weighted by molar-refractivity contribution is -0.127. The minimum atomic E-state index is -0.969. The second-order valence-corrected chi connectivity index (χ2v) is 9.80. The number of fused-ring (bicyclic) bond motifs is 1. The largest absolute Gasteiger partial charge is 0.497 e. The summed E-state index contributed by atoms with van der Waals surface area (Å²) >= 11 is 0. The maximum atomic E-state index is 14.1. The number of H-pyrrole nitrogens is 1. The van der Waals surface area contributed by atoms with E-state index < -0.39 is 11.9 Å². The molecule has 2 amide bonds. The van der Waals surface area contributed by atoms with Gasteiger partial charge in [0.1, 0.15) is 17.6 Å². The Kier molecular flexibility index (Phi) is 7.73. The predicted molar refractivity (Wildman–Crippen MR) is 147 cm³/mol. The van der Waals surface area contributed by atoms with Crippen LogP contribution in [0.5, 0.6) is 5.75 Å². The molecule has 4 aromatic rings. The Labute approximate surface area is 221 Å². The minimum absolute atomic E-state index is 0.0561. The van der Waals surface area contributed by atoms with Crippen molar-refractivity contribution in [2.45, 2.75) is 50.6 Å². The predicted octanol–water partition coefficient (Wildman–Crippen LogP) is 6.08. The van der Waals surface area contributed by atoms with Crippen molar-refractivity contribution in [1.82, 2.24) is 10.3 Å². The molecule has 0 spiro atoms. The molecule has 3 aromatic carbocycles. The molecule has 2 N–H and O–H groups in total. The zero-order valence-corrected chi connectivity index (χ0v) is 21.5. The van der Waals surface area contributed by atoms with Crippen LogP contribution in [0.2, 0.25) is 0 Å². The van der Waals surface area contributed by atoms with Gasteiger partial charge in [-0.15, -0.1) is 0 Å². The lowest BCUT2D eigenvalue weighted by Gasteiger charge is -2.33. The molecule has 1 aliphatic rings. The van der Waals surface area contributed by atoms with E-state index in [1.807, 2.05) is 30.5 Å². The Hall–Kier alpha value is -4.13. The third kappa shape index (κ3) is 5.57. The van der Waals surface area contributed by atoms with Gasteiger partial charge in [-0.3, -0.25) is 14.5 Å². The zero-order valence-electron chi connectivity index (χ0n) is 21.5. The molecule has 0 bridgehead atoms. The van der Waals surface area contributed by atoms with Gasteiger partial charge < -0.3 is 15.0 Å². The molecular formula is C31H32FN3O3. The number of nitrogens with zero attached hydrogens (tertiary/aromatic N) is 1. The van der Waals surface area contributed by atoms with Crippen LogP contribution in [0, 0.1) is 5.82 Å². The second kappa shape index (κ2) is 11.5. The molecule has 1 unspecified atom stereocenters. The van der Waals surface area contributed by atoms with Crippen LogP contribution in [0.4, 0.5) is 10.1 Å². The van der Waals surface area contributed by atoms with Crippen LogP contribution in [0.3, 0.4) is 0 Å². The van der Waals surface area contributed by atoms with Gasteiger partial charge in [-0.25, -0.2) is 4.39 Å². The Morgan fingerprint density at radius 1 is 1.00 bits per heavy atom. The number of ether oxygens (including phenoxy) is 1. The van der Waals surface area contributed by atoms with Crippen molar-refractivity contribution in [2.75, 3.05) is 12.0 Å². The van der Waals surface area contributed by atoms with Crippen LogP contribution in [0.15, 0.2) is 79.0 Å². The van der Waals surface area contributed by atoms with Crippen LogP contribution in [-0.4, -0.2) is 29.9 Å². The van der Waals surface area contributed by atoms with E-state index in [1.165, 1.54) is 17.0 Å². The van der Waals surface area contributed by atoms with Crippen LogP contribution in [0.25, 0.3) is 10.9 Å². The fourth-order valence-electron chi connectivity index (χ4n) is 5.30. The number of methoxy groups -OCH3 is 1. The van der Waals surface area contributed by atoms with Gasteiger partial charge in [-0.1, -0.05) is 49.6 Å². The number of halogens is 1. The lowest BCUT2D eigenvalue weighted by atomic mass is 9.94. The van der Waals surface area contributed by atoms with E-state index >= 15 is 0 Å². The highest BCUT2D eigenvalue weighted by molar-refractivity contribution is 6.03. The number of aromatic amines is 1. The third-order valence-electron chi connectivity index (χ3n) is 7.28. The number of benzene rings is 3. The van der Waals surface area contributed by atoms with Gasteiger partial charge in [-0.05, 0) is 66.4 Å². The molecule has 196 valence electrons. The van der Waals surface area contributed by atoms with Crippen molar-refractivity contribution < 1.29 is 18.7 Å². The smallest absolute Gasteiger partial charge is 0.248 e. The fraction of sp³-hybridized carbons (Fsp3) is 0.290. The van der Waals surface area contributed by atoms with E-state index in [9.17, 15) is 14.0 Å². The summed E-state index contributed by atoms with van der Waals surface area (Å²) < 4.78 is 19.2. The van der Waals surface area contributed by atoms with Gasteiger partial charge in [0.05, 0.1) is 13.5 Å². The van der Waals surface area contributed by atoms with Gasteiger partial charge in [0, 0.05) is 28.8 Å². The van der Waals surface area contributed by atoms with Crippen LogP contribution < -0.4 is 15.0 Å². The number of rotatable bonds is 8. The normalized spacial score (nSPS) is 14.7. The first-order valence-corrected chi connectivity index (χ1v) is 13.1. The van der Waals surface area contributed by atoms with E-state index in [0.29, 0.717) is 17.0 Å². The quantitative estimate of drug-likeness (QED) is 0.300. The van der Waals surface area contributed by atoms with Crippen LogP contribution >= 0.6 is 0 Å². The topological polar surface area (TPSA) is 74.4 Å². The van der Waals surface area contributed by atoms with Crippen molar-refractivity contribution in [3.63, 3.8) is 0 Å². The molecule has 0 radical (unpaired) electrons. The van der Waals surface area contributed by atoms with Crippen molar-refractivity contribution in [3.05, 3.63) is 95.9 Å². The molecule has 1 aromatic heterocycles. The van der Waals surface area contributed by atoms with Crippen LogP contribution in [0.1, 0.15) is 49.3 Å². The third-order valence-corrected chi connectivity index (χ3v) is 7.28. The van der Waals surface area contributed by atoms with E-state index in [1.54, 1.807) is 43.5 Å². The van der Waals surface area contributed by atoms with E-state index in [-0.39, 0.29) is 24.3 Å². The molecule has 1 heterocycles. The summed E-state index contributed by atoms with van der Waals surface area (Å²) in [6, 6.07) is 19.8. The summed E-state index contributed by atoms with van der Waals surface area (Å²) in [4.78, 5) is 32.8. The van der Waals surface area contributed by atoms with Gasteiger partial charge in [0.2, 0.25) is 11.8 Å². The molecule has 1 atom stereocenters. The van der Waals surface area contributed by atoms with E-state index in [2.05, 4.69) is 10.3 Å². The highest BCUT2D eigenvalue weighted by Gasteiger charge is 2.34. The molecule has 7 heteroatoms. The summed E-state index contributed by atoms with van der Waals surface area (Å²) in [6.07, 6.45) is 7.03. The summed E-state index contributed by atoms with van der Waals surface area (Å²) in [7, 11) is 1.58. The Morgan fingerprint density at radius 2 is 1.71 bits per heavy atom. The van der Waals surface area contributed by atoms with Gasteiger partial charge in [-0.2, -0.15) is 0 Å². The second-order valence-electron chi connectivity index (χ2n) is 9.80. The van der Waals surface area contributed by atoms with Crippen LogP contribution in [-0.2, 0) is 16.0 Å². The van der Waals surface area contributed by atoms with E-state index in [4.69, 9.17) is 4.74 Å². The standard InChI is InChI=1S/C31H32FN3O3/c1-38-26-17-15-25(16-18-26)35(29(36)19-22-20-33-28-10-6-5-9-27(22)28)30(21-11-13-23(32)14-12-21)31(37)34-24-7-3-2-4-8-24/h5-6,9-18,20,24,30,33H,2-4,7-8,19H2,1H3,(H,34,37).